The minimum Gasteiger partial charge on any atom is -0.486 e. The van der Waals surface area contributed by atoms with E-state index in [1.807, 2.05) is 34.2 Å². The predicted octanol–water partition coefficient (Wildman–Crippen LogP) is 3.28. The zero-order valence-electron chi connectivity index (χ0n) is 12.5. The van der Waals surface area contributed by atoms with Crippen molar-refractivity contribution in [2.45, 2.75) is 6.42 Å². The molecule has 0 fully saturated rings. The lowest BCUT2D eigenvalue weighted by Gasteiger charge is -2.18. The SMILES string of the molecule is c1csc(-c2nnc3sc(Cc4ccc5c(c4)OCCO5)nn23)c1. The molecule has 4 heterocycles. The number of aromatic nitrogens is 4. The van der Waals surface area contributed by atoms with E-state index in [1.165, 1.54) is 0 Å². The van der Waals surface area contributed by atoms with Crippen LogP contribution in [0.3, 0.4) is 0 Å². The van der Waals surface area contributed by atoms with E-state index >= 15 is 0 Å². The van der Waals surface area contributed by atoms with Crippen LogP contribution in [0.4, 0.5) is 0 Å². The molecule has 0 aliphatic carbocycles. The van der Waals surface area contributed by atoms with E-state index in [-0.39, 0.29) is 0 Å². The zero-order chi connectivity index (χ0) is 15.9. The van der Waals surface area contributed by atoms with E-state index in [4.69, 9.17) is 9.47 Å². The van der Waals surface area contributed by atoms with Crippen LogP contribution in [0.25, 0.3) is 15.7 Å². The molecular formula is C16H12N4O2S2. The Kier molecular flexibility index (Phi) is 3.24. The molecular weight excluding hydrogens is 344 g/mol. The molecule has 1 aliphatic rings. The minimum absolute atomic E-state index is 0.595. The number of hydrogen-bond donors (Lipinski definition) is 0. The first-order valence-electron chi connectivity index (χ1n) is 7.50. The molecule has 4 aromatic rings. The Hall–Kier alpha value is -2.45. The fourth-order valence-corrected chi connectivity index (χ4v) is 4.22. The highest BCUT2D eigenvalue weighted by atomic mass is 32.1. The topological polar surface area (TPSA) is 61.5 Å². The third-order valence-corrected chi connectivity index (χ3v) is 5.50. The van der Waals surface area contributed by atoms with Gasteiger partial charge in [0.1, 0.15) is 18.2 Å². The fraction of sp³-hybridized carbons (Fsp3) is 0.188. The molecule has 0 radical (unpaired) electrons. The van der Waals surface area contributed by atoms with Gasteiger partial charge in [-0.2, -0.15) is 9.61 Å². The molecule has 5 rings (SSSR count). The molecule has 0 bridgehead atoms. The van der Waals surface area contributed by atoms with Crippen molar-refractivity contribution in [3.63, 3.8) is 0 Å². The molecule has 8 heteroatoms. The first-order chi connectivity index (χ1) is 11.9. The van der Waals surface area contributed by atoms with Crippen molar-refractivity contribution >= 4 is 27.6 Å². The molecule has 0 unspecified atom stereocenters. The van der Waals surface area contributed by atoms with Gasteiger partial charge in [0.15, 0.2) is 17.3 Å². The van der Waals surface area contributed by atoms with Gasteiger partial charge >= 0.3 is 0 Å². The maximum Gasteiger partial charge on any atom is 0.235 e. The number of nitrogens with zero attached hydrogens (tertiary/aromatic N) is 4. The molecule has 0 atom stereocenters. The second-order valence-electron chi connectivity index (χ2n) is 5.35. The lowest BCUT2D eigenvalue weighted by atomic mass is 10.1. The van der Waals surface area contributed by atoms with Crippen LogP contribution in [0, 0.1) is 0 Å². The maximum absolute atomic E-state index is 5.65. The van der Waals surface area contributed by atoms with Crippen molar-refractivity contribution in [1.29, 1.82) is 0 Å². The van der Waals surface area contributed by atoms with Gasteiger partial charge in [-0.05, 0) is 29.1 Å². The van der Waals surface area contributed by atoms with Crippen molar-refractivity contribution in [3.8, 4) is 22.2 Å². The molecule has 1 aliphatic heterocycles. The average Bonchev–Trinajstić information content (AvgIpc) is 3.31. The summed E-state index contributed by atoms with van der Waals surface area (Å²) in [6.07, 6.45) is 0.731. The number of ether oxygens (including phenoxy) is 2. The lowest BCUT2D eigenvalue weighted by molar-refractivity contribution is 0.171. The molecule has 24 heavy (non-hydrogen) atoms. The summed E-state index contributed by atoms with van der Waals surface area (Å²) in [6.45, 7) is 1.20. The summed E-state index contributed by atoms with van der Waals surface area (Å²) in [7, 11) is 0. The molecule has 0 saturated carbocycles. The Morgan fingerprint density at radius 2 is 2.00 bits per heavy atom. The van der Waals surface area contributed by atoms with Crippen molar-refractivity contribution in [1.82, 2.24) is 19.8 Å². The molecule has 3 aromatic heterocycles. The summed E-state index contributed by atoms with van der Waals surface area (Å²) in [5.41, 5.74) is 1.14. The van der Waals surface area contributed by atoms with E-state index < -0.39 is 0 Å². The van der Waals surface area contributed by atoms with Crippen LogP contribution in [0.1, 0.15) is 10.6 Å². The van der Waals surface area contributed by atoms with E-state index in [2.05, 4.69) is 21.4 Å². The van der Waals surface area contributed by atoms with Crippen LogP contribution in [-0.2, 0) is 6.42 Å². The van der Waals surface area contributed by atoms with Crippen LogP contribution in [0.2, 0.25) is 0 Å². The van der Waals surface area contributed by atoms with Gasteiger partial charge in [-0.15, -0.1) is 21.5 Å². The molecule has 0 N–H and O–H groups in total. The summed E-state index contributed by atoms with van der Waals surface area (Å²) in [6, 6.07) is 10.1. The molecule has 0 spiro atoms. The van der Waals surface area contributed by atoms with Crippen LogP contribution < -0.4 is 9.47 Å². The lowest BCUT2D eigenvalue weighted by Crippen LogP contribution is -2.15. The van der Waals surface area contributed by atoms with E-state index in [0.717, 1.165) is 44.2 Å². The van der Waals surface area contributed by atoms with Gasteiger partial charge in [-0.25, -0.2) is 0 Å². The van der Waals surface area contributed by atoms with Gasteiger partial charge in [-0.3, -0.25) is 0 Å². The number of rotatable bonds is 3. The normalized spacial score (nSPS) is 13.5. The van der Waals surface area contributed by atoms with Crippen LogP contribution in [0.5, 0.6) is 11.5 Å². The first-order valence-corrected chi connectivity index (χ1v) is 9.20. The number of hydrogen-bond acceptors (Lipinski definition) is 7. The van der Waals surface area contributed by atoms with Crippen LogP contribution in [0.15, 0.2) is 35.7 Å². The number of benzene rings is 1. The molecule has 0 amide bonds. The van der Waals surface area contributed by atoms with Gasteiger partial charge in [0.25, 0.3) is 0 Å². The van der Waals surface area contributed by atoms with Gasteiger partial charge in [0.2, 0.25) is 4.96 Å². The summed E-state index contributed by atoms with van der Waals surface area (Å²) in [5, 5.41) is 16.2. The second-order valence-corrected chi connectivity index (χ2v) is 7.33. The van der Waals surface area contributed by atoms with Gasteiger partial charge in [0, 0.05) is 6.42 Å². The van der Waals surface area contributed by atoms with Gasteiger partial charge < -0.3 is 9.47 Å². The Balaban J connectivity index is 1.47. The van der Waals surface area contributed by atoms with Gasteiger partial charge in [0.05, 0.1) is 4.88 Å². The third kappa shape index (κ3) is 2.35. The van der Waals surface area contributed by atoms with Crippen molar-refractivity contribution in [2.24, 2.45) is 0 Å². The highest BCUT2D eigenvalue weighted by molar-refractivity contribution is 7.16. The maximum atomic E-state index is 5.65. The largest absolute Gasteiger partial charge is 0.486 e. The zero-order valence-corrected chi connectivity index (χ0v) is 14.1. The number of thiophene rings is 1. The summed E-state index contributed by atoms with van der Waals surface area (Å²) >= 11 is 3.19. The molecule has 0 saturated heterocycles. The number of fused-ring (bicyclic) bond motifs is 2. The third-order valence-electron chi connectivity index (χ3n) is 3.74. The van der Waals surface area contributed by atoms with E-state index in [9.17, 15) is 0 Å². The average molecular weight is 356 g/mol. The monoisotopic (exact) mass is 356 g/mol. The Morgan fingerprint density at radius 1 is 1.08 bits per heavy atom. The first kappa shape index (κ1) is 13.9. The van der Waals surface area contributed by atoms with Gasteiger partial charge in [-0.1, -0.05) is 23.5 Å². The Morgan fingerprint density at radius 3 is 2.88 bits per heavy atom. The van der Waals surface area contributed by atoms with Crippen molar-refractivity contribution in [3.05, 3.63) is 46.3 Å². The summed E-state index contributed by atoms with van der Waals surface area (Å²) < 4.78 is 13.0. The predicted molar refractivity (Wildman–Crippen MR) is 92.2 cm³/mol. The van der Waals surface area contributed by atoms with Crippen LogP contribution >= 0.6 is 22.7 Å². The minimum atomic E-state index is 0.595. The van der Waals surface area contributed by atoms with Crippen molar-refractivity contribution in [2.75, 3.05) is 13.2 Å². The summed E-state index contributed by atoms with van der Waals surface area (Å²) in [5.74, 6) is 2.41. The smallest absolute Gasteiger partial charge is 0.235 e. The Bertz CT molecular complexity index is 1010. The second kappa shape index (κ2) is 5.57. The highest BCUT2D eigenvalue weighted by Gasteiger charge is 2.16. The highest BCUT2D eigenvalue weighted by Crippen LogP contribution is 2.32. The molecule has 6 nitrogen and oxygen atoms in total. The quantitative estimate of drug-likeness (QED) is 0.564. The van der Waals surface area contributed by atoms with Crippen LogP contribution in [-0.4, -0.2) is 33.0 Å². The molecule has 1 aromatic carbocycles. The van der Waals surface area contributed by atoms with Crippen molar-refractivity contribution < 1.29 is 9.47 Å². The standard InChI is InChI=1S/C16H12N4O2S2/c1-2-13(23-7-1)15-17-18-16-20(15)19-14(24-16)9-10-3-4-11-12(8-10)22-6-5-21-11/h1-4,7-8H,5-6,9H2. The van der Waals surface area contributed by atoms with E-state index in [0.29, 0.717) is 13.2 Å². The Labute approximate surface area is 145 Å². The fourth-order valence-electron chi connectivity index (χ4n) is 2.66. The van der Waals surface area contributed by atoms with E-state index in [1.54, 1.807) is 22.7 Å². The summed E-state index contributed by atoms with van der Waals surface area (Å²) in [4.78, 5) is 1.88. The molecule has 120 valence electrons.